The predicted molar refractivity (Wildman–Crippen MR) is 127 cm³/mol. The number of sulfonamides is 1. The lowest BCUT2D eigenvalue weighted by molar-refractivity contribution is -0.119. The Morgan fingerprint density at radius 1 is 0.969 bits per heavy atom. The maximum atomic E-state index is 13.3. The summed E-state index contributed by atoms with van der Waals surface area (Å²) in [7, 11) is -2.36. The van der Waals surface area contributed by atoms with E-state index in [1.807, 2.05) is 24.3 Å². The molecule has 3 aromatic rings. The first-order valence-corrected chi connectivity index (χ1v) is 12.0. The molecule has 1 amide bonds. The third-order valence-electron chi connectivity index (χ3n) is 4.88. The van der Waals surface area contributed by atoms with Crippen LogP contribution in [-0.4, -0.2) is 34.5 Å². The molecule has 0 heterocycles. The summed E-state index contributed by atoms with van der Waals surface area (Å²) in [5.41, 5.74) is 1.30. The fourth-order valence-electron chi connectivity index (χ4n) is 3.28. The van der Waals surface area contributed by atoms with Crippen LogP contribution in [0.1, 0.15) is 12.0 Å². The molecule has 0 spiro atoms. The number of para-hydroxylation sites is 2. The molecule has 168 valence electrons. The van der Waals surface area contributed by atoms with E-state index >= 15 is 0 Å². The van der Waals surface area contributed by atoms with E-state index in [1.54, 1.807) is 49.6 Å². The van der Waals surface area contributed by atoms with Crippen molar-refractivity contribution in [3.8, 4) is 5.75 Å². The second-order valence-corrected chi connectivity index (χ2v) is 9.31. The Balaban J connectivity index is 1.70. The lowest BCUT2D eigenvalue weighted by Gasteiger charge is -2.25. The van der Waals surface area contributed by atoms with Gasteiger partial charge in [0.05, 0.1) is 22.7 Å². The highest BCUT2D eigenvalue weighted by molar-refractivity contribution is 7.92. The normalized spacial score (nSPS) is 11.1. The molecule has 6 nitrogen and oxygen atoms in total. The first-order chi connectivity index (χ1) is 15.4. The largest absolute Gasteiger partial charge is 0.496 e. The Hall–Kier alpha value is -3.03. The van der Waals surface area contributed by atoms with Crippen molar-refractivity contribution in [3.05, 3.63) is 89.4 Å². The minimum Gasteiger partial charge on any atom is -0.496 e. The number of amides is 1. The molecule has 0 unspecified atom stereocenters. The van der Waals surface area contributed by atoms with Crippen LogP contribution in [0.15, 0.2) is 83.8 Å². The Kier molecular flexibility index (Phi) is 8.14. The lowest BCUT2D eigenvalue weighted by Crippen LogP contribution is -2.41. The van der Waals surface area contributed by atoms with E-state index in [9.17, 15) is 13.2 Å². The summed E-state index contributed by atoms with van der Waals surface area (Å²) in [6.45, 7) is 0.0221. The van der Waals surface area contributed by atoms with Crippen molar-refractivity contribution in [1.29, 1.82) is 0 Å². The summed E-state index contributed by atoms with van der Waals surface area (Å²) in [4.78, 5) is 12.8. The molecule has 0 atom stereocenters. The van der Waals surface area contributed by atoms with Gasteiger partial charge in [-0.1, -0.05) is 60.1 Å². The fraction of sp³-hybridized carbons (Fsp3) is 0.208. The minimum atomic E-state index is -3.98. The van der Waals surface area contributed by atoms with Gasteiger partial charge in [0.25, 0.3) is 10.0 Å². The molecule has 0 aliphatic carbocycles. The van der Waals surface area contributed by atoms with Crippen LogP contribution in [0.2, 0.25) is 5.02 Å². The van der Waals surface area contributed by atoms with Gasteiger partial charge in [0.1, 0.15) is 12.3 Å². The first kappa shape index (κ1) is 23.6. The fourth-order valence-corrected chi connectivity index (χ4v) is 5.02. The smallest absolute Gasteiger partial charge is 0.264 e. The number of aryl methyl sites for hydroxylation is 1. The number of methoxy groups -OCH3 is 1. The Bertz CT molecular complexity index is 1150. The highest BCUT2D eigenvalue weighted by atomic mass is 35.5. The Labute approximate surface area is 193 Å². The number of anilines is 1. The van der Waals surface area contributed by atoms with Crippen LogP contribution < -0.4 is 14.4 Å². The van der Waals surface area contributed by atoms with E-state index in [2.05, 4.69) is 5.32 Å². The molecule has 0 aliphatic rings. The van der Waals surface area contributed by atoms with E-state index < -0.39 is 15.9 Å². The molecule has 0 bridgehead atoms. The van der Waals surface area contributed by atoms with E-state index in [0.29, 0.717) is 13.0 Å². The van der Waals surface area contributed by atoms with Crippen molar-refractivity contribution in [3.63, 3.8) is 0 Å². The molecule has 1 N–H and O–H groups in total. The third-order valence-corrected chi connectivity index (χ3v) is 6.97. The highest BCUT2D eigenvalue weighted by Crippen LogP contribution is 2.30. The van der Waals surface area contributed by atoms with Crippen LogP contribution in [0.5, 0.6) is 5.75 Å². The van der Waals surface area contributed by atoms with Gasteiger partial charge < -0.3 is 10.1 Å². The molecular weight excluding hydrogens is 448 g/mol. The minimum absolute atomic E-state index is 0.0869. The molecule has 8 heteroatoms. The van der Waals surface area contributed by atoms with Crippen molar-refractivity contribution in [2.75, 3.05) is 24.5 Å². The monoisotopic (exact) mass is 472 g/mol. The van der Waals surface area contributed by atoms with Crippen LogP contribution in [0, 0.1) is 0 Å². The lowest BCUT2D eigenvalue weighted by atomic mass is 10.1. The average Bonchev–Trinajstić information content (AvgIpc) is 2.81. The van der Waals surface area contributed by atoms with Crippen LogP contribution >= 0.6 is 11.6 Å². The number of nitrogens with one attached hydrogen (secondary N) is 1. The molecular formula is C24H25ClN2O4S. The number of benzene rings is 3. The molecule has 0 fully saturated rings. The van der Waals surface area contributed by atoms with Crippen molar-refractivity contribution in [1.82, 2.24) is 5.32 Å². The number of rotatable bonds is 10. The van der Waals surface area contributed by atoms with Crippen molar-refractivity contribution in [2.24, 2.45) is 0 Å². The summed E-state index contributed by atoms with van der Waals surface area (Å²) >= 11 is 6.27. The van der Waals surface area contributed by atoms with E-state index in [0.717, 1.165) is 22.0 Å². The maximum absolute atomic E-state index is 13.3. The van der Waals surface area contributed by atoms with Crippen LogP contribution in [0.3, 0.4) is 0 Å². The third kappa shape index (κ3) is 5.81. The summed E-state index contributed by atoms with van der Waals surface area (Å²) in [5.74, 6) is 0.391. The van der Waals surface area contributed by atoms with Crippen molar-refractivity contribution in [2.45, 2.75) is 17.7 Å². The predicted octanol–water partition coefficient (Wildman–Crippen LogP) is 4.29. The number of nitrogens with zero attached hydrogens (tertiary/aromatic N) is 1. The molecule has 0 aromatic heterocycles. The molecule has 3 aromatic carbocycles. The second-order valence-electron chi connectivity index (χ2n) is 7.04. The van der Waals surface area contributed by atoms with E-state index in [-0.39, 0.29) is 22.2 Å². The average molecular weight is 473 g/mol. The van der Waals surface area contributed by atoms with Crippen LogP contribution in [0.4, 0.5) is 5.69 Å². The number of hydrogen-bond acceptors (Lipinski definition) is 4. The first-order valence-electron chi connectivity index (χ1n) is 10.1. The molecule has 0 saturated heterocycles. The quantitative estimate of drug-likeness (QED) is 0.446. The summed E-state index contributed by atoms with van der Waals surface area (Å²) < 4.78 is 32.9. The summed E-state index contributed by atoms with van der Waals surface area (Å²) in [5, 5.41) is 3.05. The van der Waals surface area contributed by atoms with Crippen LogP contribution in [-0.2, 0) is 21.2 Å². The van der Waals surface area contributed by atoms with Crippen molar-refractivity contribution >= 4 is 33.2 Å². The van der Waals surface area contributed by atoms with Gasteiger partial charge in [-0.25, -0.2) is 8.42 Å². The van der Waals surface area contributed by atoms with E-state index in [1.165, 1.54) is 12.1 Å². The van der Waals surface area contributed by atoms with Gasteiger partial charge in [-0.05, 0) is 48.7 Å². The van der Waals surface area contributed by atoms with E-state index in [4.69, 9.17) is 16.3 Å². The molecule has 32 heavy (non-hydrogen) atoms. The molecule has 3 rings (SSSR count). The van der Waals surface area contributed by atoms with Crippen molar-refractivity contribution < 1.29 is 17.9 Å². The Morgan fingerprint density at radius 2 is 1.62 bits per heavy atom. The SMILES string of the molecule is COc1ccccc1CCCNC(=O)CN(c1ccccc1Cl)S(=O)(=O)c1ccccc1. The zero-order chi connectivity index (χ0) is 23.0. The van der Waals surface area contributed by atoms with Gasteiger partial charge in [0.15, 0.2) is 0 Å². The topological polar surface area (TPSA) is 75.7 Å². The standard InChI is InChI=1S/C24H25ClN2O4S/c1-31-23-16-8-5-10-19(23)11-9-17-26-24(28)18-27(22-15-7-6-14-21(22)25)32(29,30)20-12-3-2-4-13-20/h2-8,10,12-16H,9,11,17-18H2,1H3,(H,26,28). The number of hydrogen-bond donors (Lipinski definition) is 1. The zero-order valence-corrected chi connectivity index (χ0v) is 19.3. The van der Waals surface area contributed by atoms with Gasteiger partial charge in [0, 0.05) is 6.54 Å². The van der Waals surface area contributed by atoms with Gasteiger partial charge >= 0.3 is 0 Å². The van der Waals surface area contributed by atoms with Crippen LogP contribution in [0.25, 0.3) is 0 Å². The number of halogens is 1. The summed E-state index contributed by atoms with van der Waals surface area (Å²) in [6.07, 6.45) is 1.41. The van der Waals surface area contributed by atoms with Gasteiger partial charge in [0.2, 0.25) is 5.91 Å². The highest BCUT2D eigenvalue weighted by Gasteiger charge is 2.28. The van der Waals surface area contributed by atoms with Gasteiger partial charge in [-0.3, -0.25) is 9.10 Å². The number of carbonyl (C=O) groups is 1. The molecule has 0 saturated carbocycles. The Morgan fingerprint density at radius 3 is 2.34 bits per heavy atom. The number of ether oxygens (including phenoxy) is 1. The number of carbonyl (C=O) groups excluding carboxylic acids is 1. The van der Waals surface area contributed by atoms with Gasteiger partial charge in [-0.15, -0.1) is 0 Å². The summed E-state index contributed by atoms with van der Waals surface area (Å²) in [6, 6.07) is 22.3. The van der Waals surface area contributed by atoms with Gasteiger partial charge in [-0.2, -0.15) is 0 Å². The second kappa shape index (κ2) is 11.0. The molecule has 0 radical (unpaired) electrons. The molecule has 0 aliphatic heterocycles. The maximum Gasteiger partial charge on any atom is 0.264 e. The zero-order valence-electron chi connectivity index (χ0n) is 17.7.